The number of hydrogen-bond donors (Lipinski definition) is 2. The molecule has 1 aromatic carbocycles. The van der Waals surface area contributed by atoms with Crippen molar-refractivity contribution >= 4 is 22.4 Å². The fourth-order valence-electron chi connectivity index (χ4n) is 1.41. The number of aryl methyl sites for hydroxylation is 1. The number of nitrogens with one attached hydrogen (secondary N) is 1. The van der Waals surface area contributed by atoms with Crippen molar-refractivity contribution in [2.24, 2.45) is 0 Å². The summed E-state index contributed by atoms with van der Waals surface area (Å²) in [6, 6.07) is 8.09. The van der Waals surface area contributed by atoms with Gasteiger partial charge in [0.15, 0.2) is 0 Å². The highest BCUT2D eigenvalue weighted by molar-refractivity contribution is 7.09. The Bertz CT molecular complexity index is 479. The van der Waals surface area contributed by atoms with Gasteiger partial charge in [-0.3, -0.25) is 0 Å². The maximum Gasteiger partial charge on any atom is 0.207 e. The van der Waals surface area contributed by atoms with E-state index in [0.717, 1.165) is 10.8 Å². The highest BCUT2D eigenvalue weighted by atomic mass is 32.1. The van der Waals surface area contributed by atoms with Crippen LogP contribution in [0, 0.1) is 6.92 Å². The summed E-state index contributed by atoms with van der Waals surface area (Å²) in [6.07, 6.45) is 0.0864. The molecule has 0 saturated heterocycles. The summed E-state index contributed by atoms with van der Waals surface area (Å²) in [5.41, 5.74) is 2.22. The summed E-state index contributed by atoms with van der Waals surface area (Å²) in [5.74, 6) is 0.680. The van der Waals surface area contributed by atoms with Gasteiger partial charge >= 0.3 is 0 Å². The lowest BCUT2D eigenvalue weighted by Gasteiger charge is -2.01. The van der Waals surface area contributed by atoms with Crippen molar-refractivity contribution < 1.29 is 5.11 Å². The van der Waals surface area contributed by atoms with E-state index in [1.807, 2.05) is 24.3 Å². The van der Waals surface area contributed by atoms with E-state index in [1.165, 1.54) is 17.1 Å². The molecule has 1 atom stereocenters. The Labute approximate surface area is 105 Å². The molecule has 0 aliphatic heterocycles. The average Bonchev–Trinajstić information content (AvgIpc) is 2.68. The predicted molar refractivity (Wildman–Crippen MR) is 69.8 cm³/mol. The first-order valence-electron chi connectivity index (χ1n) is 5.48. The molecule has 0 bridgehead atoms. The molecule has 4 nitrogen and oxygen atoms in total. The van der Waals surface area contributed by atoms with Crippen LogP contribution < -0.4 is 5.32 Å². The van der Waals surface area contributed by atoms with E-state index in [9.17, 15) is 5.11 Å². The van der Waals surface area contributed by atoms with Gasteiger partial charge in [-0.1, -0.05) is 17.7 Å². The Morgan fingerprint density at radius 3 is 2.71 bits per heavy atom. The molecule has 90 valence electrons. The van der Waals surface area contributed by atoms with Gasteiger partial charge in [0.1, 0.15) is 5.82 Å². The number of benzene rings is 1. The first kappa shape index (κ1) is 12.0. The molecule has 17 heavy (non-hydrogen) atoms. The molecule has 2 aromatic rings. The number of rotatable bonds is 4. The zero-order valence-electron chi connectivity index (χ0n) is 9.84. The molecule has 2 N–H and O–H groups in total. The van der Waals surface area contributed by atoms with E-state index in [2.05, 4.69) is 21.6 Å². The second-order valence-electron chi connectivity index (χ2n) is 4.06. The normalized spacial score (nSPS) is 12.4. The third kappa shape index (κ3) is 3.51. The molecule has 0 aliphatic rings. The largest absolute Gasteiger partial charge is 0.393 e. The van der Waals surface area contributed by atoms with Crippen LogP contribution in [0.4, 0.5) is 10.8 Å². The fourth-order valence-corrected chi connectivity index (χ4v) is 2.03. The van der Waals surface area contributed by atoms with Crippen molar-refractivity contribution in [1.82, 2.24) is 9.36 Å². The molecule has 1 aromatic heterocycles. The first-order valence-corrected chi connectivity index (χ1v) is 6.25. The van der Waals surface area contributed by atoms with Crippen LogP contribution >= 0.6 is 11.5 Å². The number of aromatic nitrogens is 2. The standard InChI is InChI=1S/C12H15N3OS/c1-8-3-5-10(6-4-8)13-12-14-11(15-17-12)7-9(2)16/h3-6,9,16H,7H2,1-2H3,(H,13,14,15). The number of nitrogens with zero attached hydrogens (tertiary/aromatic N) is 2. The number of anilines is 2. The zero-order chi connectivity index (χ0) is 12.3. The lowest BCUT2D eigenvalue weighted by atomic mass is 10.2. The molecule has 0 spiro atoms. The minimum absolute atomic E-state index is 0.406. The fraction of sp³-hybridized carbons (Fsp3) is 0.333. The van der Waals surface area contributed by atoms with Crippen LogP contribution in [0.3, 0.4) is 0 Å². The van der Waals surface area contributed by atoms with Gasteiger partial charge in [-0.05, 0) is 26.0 Å². The second-order valence-corrected chi connectivity index (χ2v) is 4.81. The summed E-state index contributed by atoms with van der Waals surface area (Å²) >= 11 is 1.31. The van der Waals surface area contributed by atoms with E-state index >= 15 is 0 Å². The SMILES string of the molecule is Cc1ccc(Nc2nc(CC(C)O)ns2)cc1. The Morgan fingerprint density at radius 2 is 2.06 bits per heavy atom. The van der Waals surface area contributed by atoms with E-state index in [0.29, 0.717) is 12.2 Å². The molecule has 0 amide bonds. The molecule has 2 rings (SSSR count). The lowest BCUT2D eigenvalue weighted by molar-refractivity contribution is 0.193. The quantitative estimate of drug-likeness (QED) is 0.874. The topological polar surface area (TPSA) is 58.0 Å². The zero-order valence-corrected chi connectivity index (χ0v) is 10.7. The second kappa shape index (κ2) is 5.25. The summed E-state index contributed by atoms with van der Waals surface area (Å²) in [7, 11) is 0. The Balaban J connectivity index is 2.03. The molecule has 1 unspecified atom stereocenters. The summed E-state index contributed by atoms with van der Waals surface area (Å²) in [5, 5.41) is 13.2. The molecule has 0 saturated carbocycles. The van der Waals surface area contributed by atoms with Crippen LogP contribution in [0.2, 0.25) is 0 Å². The molecule has 0 aliphatic carbocycles. The van der Waals surface area contributed by atoms with Gasteiger partial charge in [0.25, 0.3) is 0 Å². The van der Waals surface area contributed by atoms with Gasteiger partial charge in [-0.2, -0.15) is 4.37 Å². The summed E-state index contributed by atoms with van der Waals surface area (Å²) in [6.45, 7) is 3.78. The highest BCUT2D eigenvalue weighted by Gasteiger charge is 2.06. The van der Waals surface area contributed by atoms with Crippen molar-refractivity contribution in [3.8, 4) is 0 Å². The molecular weight excluding hydrogens is 234 g/mol. The van der Waals surface area contributed by atoms with Crippen LogP contribution in [0.1, 0.15) is 18.3 Å². The van der Waals surface area contributed by atoms with Crippen molar-refractivity contribution in [3.63, 3.8) is 0 Å². The van der Waals surface area contributed by atoms with Gasteiger partial charge in [0.2, 0.25) is 5.13 Å². The van der Waals surface area contributed by atoms with Gasteiger partial charge in [0, 0.05) is 23.6 Å². The first-order chi connectivity index (χ1) is 8.13. The monoisotopic (exact) mass is 249 g/mol. The highest BCUT2D eigenvalue weighted by Crippen LogP contribution is 2.19. The number of hydrogen-bond acceptors (Lipinski definition) is 5. The summed E-state index contributed by atoms with van der Waals surface area (Å²) in [4.78, 5) is 4.30. The maximum atomic E-state index is 9.24. The third-order valence-electron chi connectivity index (χ3n) is 2.25. The predicted octanol–water partition coefficient (Wildman–Crippen LogP) is 2.51. The van der Waals surface area contributed by atoms with Crippen molar-refractivity contribution in [2.45, 2.75) is 26.4 Å². The van der Waals surface area contributed by atoms with Gasteiger partial charge in [0.05, 0.1) is 6.10 Å². The number of aliphatic hydroxyl groups excluding tert-OH is 1. The van der Waals surface area contributed by atoms with E-state index < -0.39 is 6.10 Å². The Kier molecular flexibility index (Phi) is 3.71. The lowest BCUT2D eigenvalue weighted by Crippen LogP contribution is -2.05. The van der Waals surface area contributed by atoms with Gasteiger partial charge in [-0.15, -0.1) is 0 Å². The van der Waals surface area contributed by atoms with E-state index in [-0.39, 0.29) is 0 Å². The Hall–Kier alpha value is -1.46. The Morgan fingerprint density at radius 1 is 1.35 bits per heavy atom. The van der Waals surface area contributed by atoms with Crippen LogP contribution in [0.5, 0.6) is 0 Å². The van der Waals surface area contributed by atoms with Crippen LogP contribution in [0.15, 0.2) is 24.3 Å². The minimum Gasteiger partial charge on any atom is -0.393 e. The van der Waals surface area contributed by atoms with Crippen molar-refractivity contribution in [2.75, 3.05) is 5.32 Å². The molecule has 5 heteroatoms. The maximum absolute atomic E-state index is 9.24. The minimum atomic E-state index is -0.406. The van der Waals surface area contributed by atoms with Gasteiger partial charge < -0.3 is 10.4 Å². The van der Waals surface area contributed by atoms with Crippen LogP contribution in [0.25, 0.3) is 0 Å². The molecular formula is C12H15N3OS. The number of aliphatic hydroxyl groups is 1. The third-order valence-corrected chi connectivity index (χ3v) is 2.92. The molecule has 0 fully saturated rings. The molecule has 1 heterocycles. The van der Waals surface area contributed by atoms with Crippen LogP contribution in [-0.4, -0.2) is 20.6 Å². The van der Waals surface area contributed by atoms with E-state index in [1.54, 1.807) is 6.92 Å². The van der Waals surface area contributed by atoms with Gasteiger partial charge in [-0.25, -0.2) is 4.98 Å². The summed E-state index contributed by atoms with van der Waals surface area (Å²) < 4.78 is 4.18. The van der Waals surface area contributed by atoms with Crippen LogP contribution in [-0.2, 0) is 6.42 Å². The van der Waals surface area contributed by atoms with Crippen molar-refractivity contribution in [1.29, 1.82) is 0 Å². The van der Waals surface area contributed by atoms with Crippen molar-refractivity contribution in [3.05, 3.63) is 35.7 Å². The average molecular weight is 249 g/mol. The van der Waals surface area contributed by atoms with E-state index in [4.69, 9.17) is 0 Å². The molecule has 0 radical (unpaired) electrons. The smallest absolute Gasteiger partial charge is 0.207 e.